The van der Waals surface area contributed by atoms with Crippen molar-refractivity contribution in [3.05, 3.63) is 51.7 Å². The van der Waals surface area contributed by atoms with E-state index >= 15 is 0 Å². The third kappa shape index (κ3) is 4.80. The Balaban J connectivity index is 2.23. The lowest BCUT2D eigenvalue weighted by Gasteiger charge is -2.26. The second kappa shape index (κ2) is 7.12. The Kier molecular flexibility index (Phi) is 5.65. The number of amidine groups is 1. The summed E-state index contributed by atoms with van der Waals surface area (Å²) in [5.41, 5.74) is 1.60. The summed E-state index contributed by atoms with van der Waals surface area (Å²) in [7, 11) is 0. The number of hydrogen-bond acceptors (Lipinski definition) is 3. The molecule has 0 radical (unpaired) electrons. The zero-order valence-corrected chi connectivity index (χ0v) is 15.5. The van der Waals surface area contributed by atoms with Gasteiger partial charge in [-0.3, -0.25) is 4.99 Å². The Morgan fingerprint density at radius 3 is 2.41 bits per heavy atom. The summed E-state index contributed by atoms with van der Waals surface area (Å²) < 4.78 is 0. The predicted molar refractivity (Wildman–Crippen MR) is 101 cm³/mol. The van der Waals surface area contributed by atoms with E-state index in [0.717, 1.165) is 16.4 Å². The number of allylic oxidation sites excluding steroid dienone is 1. The highest BCUT2D eigenvalue weighted by Gasteiger charge is 2.21. The number of thioether (sulfide) groups is 1. The van der Waals surface area contributed by atoms with E-state index in [2.05, 4.69) is 39.1 Å². The maximum absolute atomic E-state index is 6.20. The first-order valence-electron chi connectivity index (χ1n) is 7.15. The van der Waals surface area contributed by atoms with Crippen LogP contribution in [0.2, 0.25) is 10.0 Å². The molecule has 1 N–H and O–H groups in total. The minimum Gasteiger partial charge on any atom is -0.335 e. The summed E-state index contributed by atoms with van der Waals surface area (Å²) in [6, 6.07) is 5.51. The molecule has 0 unspecified atom stereocenters. The molecule has 2 nitrogen and oxygen atoms in total. The van der Waals surface area contributed by atoms with Gasteiger partial charge in [0.25, 0.3) is 0 Å². The summed E-state index contributed by atoms with van der Waals surface area (Å²) in [6.45, 7) is 8.48. The highest BCUT2D eigenvalue weighted by molar-refractivity contribution is 8.14. The fraction of sp³-hybridized carbons (Fsp3) is 0.353. The lowest BCUT2D eigenvalue weighted by molar-refractivity contribution is 0.639. The van der Waals surface area contributed by atoms with E-state index in [9.17, 15) is 0 Å². The molecular weight excluding hydrogens is 335 g/mol. The molecule has 22 heavy (non-hydrogen) atoms. The van der Waals surface area contributed by atoms with Gasteiger partial charge in [-0.05, 0) is 44.2 Å². The van der Waals surface area contributed by atoms with Crippen LogP contribution in [0.4, 0.5) is 0 Å². The summed E-state index contributed by atoms with van der Waals surface area (Å²) in [4.78, 5) is 4.70. The molecule has 0 aliphatic carbocycles. The van der Waals surface area contributed by atoms with Crippen molar-refractivity contribution in [2.24, 2.45) is 4.99 Å². The normalized spacial score (nSPS) is 17.4. The van der Waals surface area contributed by atoms with Gasteiger partial charge in [0.05, 0.1) is 5.54 Å². The van der Waals surface area contributed by atoms with Gasteiger partial charge in [-0.15, -0.1) is 0 Å². The largest absolute Gasteiger partial charge is 0.335 e. The topological polar surface area (TPSA) is 24.4 Å². The van der Waals surface area contributed by atoms with E-state index in [0.29, 0.717) is 15.3 Å². The molecular formula is C17H20Cl2N2S. The first-order chi connectivity index (χ1) is 10.3. The molecule has 2 rings (SSSR count). The van der Waals surface area contributed by atoms with Crippen LogP contribution in [0.25, 0.3) is 6.08 Å². The molecule has 1 heterocycles. The van der Waals surface area contributed by atoms with E-state index in [-0.39, 0.29) is 5.54 Å². The fourth-order valence-corrected chi connectivity index (χ4v) is 3.51. The minimum absolute atomic E-state index is 0.230. The molecule has 0 amide bonds. The molecule has 0 atom stereocenters. The lowest BCUT2D eigenvalue weighted by Crippen LogP contribution is -2.32. The Bertz CT molecular complexity index is 626. The summed E-state index contributed by atoms with van der Waals surface area (Å²) in [5.74, 6) is 0. The summed E-state index contributed by atoms with van der Waals surface area (Å²) in [5, 5.41) is 6.05. The average molecular weight is 355 g/mol. The van der Waals surface area contributed by atoms with Crippen LogP contribution < -0.4 is 5.32 Å². The monoisotopic (exact) mass is 354 g/mol. The number of rotatable bonds is 3. The van der Waals surface area contributed by atoms with Crippen molar-refractivity contribution < 1.29 is 0 Å². The second-order valence-corrected chi connectivity index (χ2v) is 8.31. The Morgan fingerprint density at radius 1 is 1.18 bits per heavy atom. The van der Waals surface area contributed by atoms with Crippen molar-refractivity contribution in [3.8, 4) is 0 Å². The maximum atomic E-state index is 6.20. The Labute approximate surface area is 146 Å². The SMILES string of the molecule is CC(C)SC1=NC(C)(C)C=C(/C=C/c2c(Cl)cccc2Cl)N1. The minimum atomic E-state index is -0.230. The quantitative estimate of drug-likeness (QED) is 0.744. The van der Waals surface area contributed by atoms with Crippen LogP contribution in [-0.4, -0.2) is 16.0 Å². The molecule has 0 saturated carbocycles. The third-order valence-corrected chi connectivity index (χ3v) is 4.47. The van der Waals surface area contributed by atoms with E-state index in [4.69, 9.17) is 28.2 Å². The van der Waals surface area contributed by atoms with Gasteiger partial charge in [-0.25, -0.2) is 0 Å². The predicted octanol–water partition coefficient (Wildman–Crippen LogP) is 5.77. The fourth-order valence-electron chi connectivity index (χ4n) is 2.07. The summed E-state index contributed by atoms with van der Waals surface area (Å²) >= 11 is 14.1. The van der Waals surface area contributed by atoms with E-state index in [1.165, 1.54) is 0 Å². The van der Waals surface area contributed by atoms with Gasteiger partial charge in [-0.2, -0.15) is 0 Å². The van der Waals surface area contributed by atoms with Crippen LogP contribution in [0.15, 0.2) is 41.0 Å². The smallest absolute Gasteiger partial charge is 0.162 e. The van der Waals surface area contributed by atoms with Crippen LogP contribution in [-0.2, 0) is 0 Å². The summed E-state index contributed by atoms with van der Waals surface area (Å²) in [6.07, 6.45) is 6.02. The van der Waals surface area contributed by atoms with Crippen molar-refractivity contribution in [2.75, 3.05) is 0 Å². The lowest BCUT2D eigenvalue weighted by atomic mass is 10.0. The molecule has 118 valence electrons. The molecule has 0 fully saturated rings. The molecule has 0 saturated heterocycles. The van der Waals surface area contributed by atoms with Gasteiger partial charge >= 0.3 is 0 Å². The number of halogens is 2. The molecule has 1 aliphatic heterocycles. The van der Waals surface area contributed by atoms with E-state index in [1.807, 2.05) is 30.4 Å². The highest BCUT2D eigenvalue weighted by Crippen LogP contribution is 2.27. The average Bonchev–Trinajstić information content (AvgIpc) is 2.35. The van der Waals surface area contributed by atoms with Crippen LogP contribution in [0.5, 0.6) is 0 Å². The third-order valence-electron chi connectivity index (χ3n) is 2.93. The van der Waals surface area contributed by atoms with Gasteiger partial charge in [0.2, 0.25) is 0 Å². The first kappa shape index (κ1) is 17.5. The molecule has 1 aliphatic rings. The van der Waals surface area contributed by atoms with E-state index in [1.54, 1.807) is 11.8 Å². The zero-order chi connectivity index (χ0) is 16.3. The molecule has 5 heteroatoms. The number of nitrogens with one attached hydrogen (secondary N) is 1. The number of benzene rings is 1. The van der Waals surface area contributed by atoms with Gasteiger partial charge in [0, 0.05) is 26.6 Å². The van der Waals surface area contributed by atoms with Crippen LogP contribution in [0.1, 0.15) is 33.3 Å². The van der Waals surface area contributed by atoms with Crippen molar-refractivity contribution in [1.82, 2.24) is 5.32 Å². The first-order valence-corrected chi connectivity index (χ1v) is 8.79. The zero-order valence-electron chi connectivity index (χ0n) is 13.2. The molecule has 0 spiro atoms. The van der Waals surface area contributed by atoms with Crippen molar-refractivity contribution in [1.29, 1.82) is 0 Å². The molecule has 1 aromatic rings. The van der Waals surface area contributed by atoms with Gasteiger partial charge in [-0.1, -0.05) is 54.9 Å². The van der Waals surface area contributed by atoms with Crippen molar-refractivity contribution in [2.45, 2.75) is 38.5 Å². The Morgan fingerprint density at radius 2 is 1.82 bits per heavy atom. The van der Waals surface area contributed by atoms with E-state index < -0.39 is 0 Å². The second-order valence-electron chi connectivity index (χ2n) is 5.93. The van der Waals surface area contributed by atoms with Crippen LogP contribution in [0, 0.1) is 0 Å². The Hall–Kier alpha value is -0.900. The number of nitrogens with zero attached hydrogens (tertiary/aromatic N) is 1. The van der Waals surface area contributed by atoms with Crippen molar-refractivity contribution in [3.63, 3.8) is 0 Å². The standard InChI is InChI=1S/C17H20Cl2N2S/c1-11(2)22-16-20-12(10-17(3,4)21-16)8-9-13-14(18)6-5-7-15(13)19/h5-11H,1-4H3,(H,20,21)/b9-8+. The molecule has 1 aromatic carbocycles. The van der Waals surface area contributed by atoms with Crippen molar-refractivity contribution >= 4 is 46.2 Å². The van der Waals surface area contributed by atoms with Crippen LogP contribution >= 0.6 is 35.0 Å². The highest BCUT2D eigenvalue weighted by atomic mass is 35.5. The van der Waals surface area contributed by atoms with Gasteiger partial charge < -0.3 is 5.32 Å². The molecule has 0 aromatic heterocycles. The number of hydrogen-bond donors (Lipinski definition) is 1. The maximum Gasteiger partial charge on any atom is 0.162 e. The number of aliphatic imine (C=N–C) groups is 1. The van der Waals surface area contributed by atoms with Gasteiger partial charge in [0.1, 0.15) is 0 Å². The van der Waals surface area contributed by atoms with Crippen LogP contribution in [0.3, 0.4) is 0 Å². The molecule has 0 bridgehead atoms. The van der Waals surface area contributed by atoms with Gasteiger partial charge in [0.15, 0.2) is 5.17 Å².